The summed E-state index contributed by atoms with van der Waals surface area (Å²) >= 11 is 0. The minimum atomic E-state index is -2.26. The summed E-state index contributed by atoms with van der Waals surface area (Å²) in [6.07, 6.45) is -0.412. The van der Waals surface area contributed by atoms with Crippen molar-refractivity contribution in [3.05, 3.63) is 70.3 Å². The van der Waals surface area contributed by atoms with Gasteiger partial charge in [0.1, 0.15) is 5.82 Å². The van der Waals surface area contributed by atoms with Gasteiger partial charge in [0.05, 0.1) is 0 Å². The van der Waals surface area contributed by atoms with Crippen molar-refractivity contribution in [1.82, 2.24) is 0 Å². The summed E-state index contributed by atoms with van der Waals surface area (Å²) in [6.45, 7) is 0. The van der Waals surface area contributed by atoms with Crippen molar-refractivity contribution >= 4 is 0 Å². The minimum Gasteiger partial charge on any atom is -0.323 e. The Labute approximate surface area is 116 Å². The zero-order chi connectivity index (χ0) is 15.7. The summed E-state index contributed by atoms with van der Waals surface area (Å²) < 4.78 is 79.7. The van der Waals surface area contributed by atoms with Gasteiger partial charge in [-0.15, -0.1) is 0 Å². The topological polar surface area (TPSA) is 26.0 Å². The number of hydrogen-bond donors (Lipinski definition) is 1. The lowest BCUT2D eigenvalue weighted by atomic mass is 9.98. The molecule has 0 bridgehead atoms. The monoisotopic (exact) mass is 305 g/mol. The molecule has 1 unspecified atom stereocenters. The Balaban J connectivity index is 2.45. The molecule has 0 amide bonds. The largest absolute Gasteiger partial charge is 0.323 e. The molecule has 0 saturated heterocycles. The summed E-state index contributed by atoms with van der Waals surface area (Å²) in [7, 11) is 0. The first-order valence-electron chi connectivity index (χ1n) is 5.85. The Kier molecular flexibility index (Phi) is 4.22. The molecule has 2 aromatic rings. The van der Waals surface area contributed by atoms with Crippen molar-refractivity contribution in [3.8, 4) is 0 Å². The molecule has 7 heteroatoms. The van der Waals surface area contributed by atoms with Gasteiger partial charge in [-0.1, -0.05) is 18.2 Å². The lowest BCUT2D eigenvalue weighted by molar-refractivity contribution is 0.363. The molecule has 112 valence electrons. The Morgan fingerprint density at radius 3 is 1.76 bits per heavy atom. The van der Waals surface area contributed by atoms with E-state index in [0.29, 0.717) is 0 Å². The van der Waals surface area contributed by atoms with Crippen LogP contribution in [0.2, 0.25) is 0 Å². The van der Waals surface area contributed by atoms with Gasteiger partial charge >= 0.3 is 0 Å². The van der Waals surface area contributed by atoms with E-state index in [9.17, 15) is 26.3 Å². The van der Waals surface area contributed by atoms with E-state index in [1.807, 2.05) is 0 Å². The van der Waals surface area contributed by atoms with E-state index in [4.69, 9.17) is 5.73 Å². The summed E-state index contributed by atoms with van der Waals surface area (Å²) in [5.74, 6) is -11.1. The van der Waals surface area contributed by atoms with E-state index in [2.05, 4.69) is 0 Å². The van der Waals surface area contributed by atoms with Crippen LogP contribution in [0.5, 0.6) is 0 Å². The normalized spacial score (nSPS) is 12.5. The second-order valence-electron chi connectivity index (χ2n) is 4.39. The quantitative estimate of drug-likeness (QED) is 0.521. The van der Waals surface area contributed by atoms with E-state index in [1.165, 1.54) is 18.2 Å². The molecule has 2 rings (SSSR count). The van der Waals surface area contributed by atoms with Gasteiger partial charge in [-0.3, -0.25) is 0 Å². The first-order chi connectivity index (χ1) is 9.84. The highest BCUT2D eigenvalue weighted by Crippen LogP contribution is 2.28. The molecule has 0 aliphatic rings. The van der Waals surface area contributed by atoms with E-state index < -0.39 is 52.9 Å². The third kappa shape index (κ3) is 2.73. The van der Waals surface area contributed by atoms with Crippen LogP contribution in [-0.2, 0) is 6.42 Å². The van der Waals surface area contributed by atoms with Crippen LogP contribution in [0, 0.1) is 34.9 Å². The molecule has 1 atom stereocenters. The third-order valence-electron chi connectivity index (χ3n) is 3.01. The first kappa shape index (κ1) is 15.4. The van der Waals surface area contributed by atoms with Gasteiger partial charge in [0.15, 0.2) is 23.3 Å². The van der Waals surface area contributed by atoms with Crippen LogP contribution < -0.4 is 5.73 Å². The van der Waals surface area contributed by atoms with Crippen LogP contribution in [0.3, 0.4) is 0 Å². The maximum absolute atomic E-state index is 13.6. The minimum absolute atomic E-state index is 0.00828. The molecule has 0 fully saturated rings. The average Bonchev–Trinajstić information content (AvgIpc) is 2.46. The van der Waals surface area contributed by atoms with Crippen molar-refractivity contribution in [2.75, 3.05) is 0 Å². The standard InChI is InChI=1S/C14H9F6N/c15-7-4-2-1-3-6(7)5-8(21)9-10(16)12(18)14(20)13(19)11(9)17/h1-4,8H,5,21H2. The number of nitrogens with two attached hydrogens (primary N) is 1. The van der Waals surface area contributed by atoms with Crippen LogP contribution >= 0.6 is 0 Å². The van der Waals surface area contributed by atoms with Crippen LogP contribution in [0.15, 0.2) is 24.3 Å². The highest BCUT2D eigenvalue weighted by atomic mass is 19.2. The molecule has 0 saturated carbocycles. The van der Waals surface area contributed by atoms with E-state index in [-0.39, 0.29) is 5.56 Å². The van der Waals surface area contributed by atoms with Crippen molar-refractivity contribution < 1.29 is 26.3 Å². The lowest BCUT2D eigenvalue weighted by Gasteiger charge is -2.15. The Hall–Kier alpha value is -2.02. The predicted octanol–water partition coefficient (Wildman–Crippen LogP) is 3.76. The fourth-order valence-electron chi connectivity index (χ4n) is 1.95. The van der Waals surface area contributed by atoms with Gasteiger partial charge in [0.2, 0.25) is 5.82 Å². The molecule has 0 heterocycles. The van der Waals surface area contributed by atoms with Gasteiger partial charge in [0.25, 0.3) is 0 Å². The Morgan fingerprint density at radius 1 is 0.762 bits per heavy atom. The van der Waals surface area contributed by atoms with E-state index >= 15 is 0 Å². The summed E-state index contributed by atoms with van der Waals surface area (Å²) in [4.78, 5) is 0. The molecule has 1 nitrogen and oxygen atoms in total. The van der Waals surface area contributed by atoms with Gasteiger partial charge in [-0.05, 0) is 18.1 Å². The highest BCUT2D eigenvalue weighted by molar-refractivity contribution is 5.29. The smallest absolute Gasteiger partial charge is 0.200 e. The predicted molar refractivity (Wildman–Crippen MR) is 63.3 cm³/mol. The fourth-order valence-corrected chi connectivity index (χ4v) is 1.95. The molecule has 0 aliphatic carbocycles. The Bertz CT molecular complexity index is 656. The summed E-state index contributed by atoms with van der Waals surface area (Å²) in [5, 5.41) is 0. The number of hydrogen-bond acceptors (Lipinski definition) is 1. The van der Waals surface area contributed by atoms with E-state index in [0.717, 1.165) is 6.07 Å². The lowest BCUT2D eigenvalue weighted by Crippen LogP contribution is -2.20. The second-order valence-corrected chi connectivity index (χ2v) is 4.39. The molecular weight excluding hydrogens is 296 g/mol. The SMILES string of the molecule is NC(Cc1ccccc1F)c1c(F)c(F)c(F)c(F)c1F. The van der Waals surface area contributed by atoms with Crippen molar-refractivity contribution in [3.63, 3.8) is 0 Å². The van der Waals surface area contributed by atoms with E-state index in [1.54, 1.807) is 0 Å². The number of benzene rings is 2. The van der Waals surface area contributed by atoms with Gasteiger partial charge in [0, 0.05) is 11.6 Å². The molecule has 2 aromatic carbocycles. The van der Waals surface area contributed by atoms with Crippen molar-refractivity contribution in [2.45, 2.75) is 12.5 Å². The molecule has 21 heavy (non-hydrogen) atoms. The van der Waals surface area contributed by atoms with Crippen molar-refractivity contribution in [1.29, 1.82) is 0 Å². The summed E-state index contributed by atoms with van der Waals surface area (Å²) in [6, 6.07) is 3.68. The third-order valence-corrected chi connectivity index (χ3v) is 3.01. The van der Waals surface area contributed by atoms with Gasteiger partial charge in [-0.2, -0.15) is 0 Å². The molecule has 0 spiro atoms. The first-order valence-corrected chi connectivity index (χ1v) is 5.85. The zero-order valence-electron chi connectivity index (χ0n) is 10.4. The number of rotatable bonds is 3. The fraction of sp³-hybridized carbons (Fsp3) is 0.143. The molecule has 0 aliphatic heterocycles. The average molecular weight is 305 g/mol. The number of halogens is 6. The maximum Gasteiger partial charge on any atom is 0.200 e. The van der Waals surface area contributed by atoms with Gasteiger partial charge in [-0.25, -0.2) is 26.3 Å². The maximum atomic E-state index is 13.6. The highest BCUT2D eigenvalue weighted by Gasteiger charge is 2.29. The van der Waals surface area contributed by atoms with Gasteiger partial charge < -0.3 is 5.73 Å². The van der Waals surface area contributed by atoms with Crippen LogP contribution in [0.25, 0.3) is 0 Å². The summed E-state index contributed by atoms with van der Waals surface area (Å²) in [5.41, 5.74) is 4.33. The molecule has 0 aromatic heterocycles. The van der Waals surface area contributed by atoms with Crippen LogP contribution in [0.1, 0.15) is 17.2 Å². The molecular formula is C14H9F6N. The molecule has 2 N–H and O–H groups in total. The zero-order valence-corrected chi connectivity index (χ0v) is 10.4. The van der Waals surface area contributed by atoms with Crippen LogP contribution in [-0.4, -0.2) is 0 Å². The van der Waals surface area contributed by atoms with Crippen LogP contribution in [0.4, 0.5) is 26.3 Å². The van der Waals surface area contributed by atoms with Crippen molar-refractivity contribution in [2.24, 2.45) is 5.73 Å². The second kappa shape index (κ2) is 5.77. The molecule has 0 radical (unpaired) electrons. The Morgan fingerprint density at radius 2 is 1.24 bits per heavy atom.